The van der Waals surface area contributed by atoms with Crippen LogP contribution >= 0.6 is 0 Å². The number of carbonyl (C=O) groups is 1. The number of rotatable bonds is 5. The van der Waals surface area contributed by atoms with Crippen molar-refractivity contribution in [2.24, 2.45) is 0 Å². The van der Waals surface area contributed by atoms with E-state index in [1.807, 2.05) is 43.3 Å². The van der Waals surface area contributed by atoms with Gasteiger partial charge in [-0.25, -0.2) is 14.6 Å². The highest BCUT2D eigenvalue weighted by atomic mass is 16.1. The average Bonchev–Trinajstić information content (AvgIpc) is 3.30. The molecule has 4 rings (SSSR count). The highest BCUT2D eigenvalue weighted by Gasteiger charge is 2.10. The summed E-state index contributed by atoms with van der Waals surface area (Å²) >= 11 is 0. The quantitative estimate of drug-likeness (QED) is 0.602. The van der Waals surface area contributed by atoms with Gasteiger partial charge in [0.25, 0.3) is 5.91 Å². The minimum absolute atomic E-state index is 0.207. The lowest BCUT2D eigenvalue weighted by Gasteiger charge is -2.09. The molecule has 26 heavy (non-hydrogen) atoms. The highest BCUT2D eigenvalue weighted by Crippen LogP contribution is 2.14. The first-order valence-electron chi connectivity index (χ1n) is 8.39. The predicted octanol–water partition coefficient (Wildman–Crippen LogP) is 2.36. The Morgan fingerprint density at radius 1 is 1.08 bits per heavy atom. The van der Waals surface area contributed by atoms with E-state index < -0.39 is 0 Å². The molecule has 0 unspecified atom stereocenters. The average molecular weight is 346 g/mol. The number of para-hydroxylation sites is 2. The van der Waals surface area contributed by atoms with Crippen LogP contribution < -0.4 is 5.32 Å². The molecule has 0 saturated carbocycles. The van der Waals surface area contributed by atoms with Crippen molar-refractivity contribution in [2.45, 2.75) is 13.5 Å². The third-order valence-electron chi connectivity index (χ3n) is 4.17. The zero-order valence-corrected chi connectivity index (χ0v) is 14.3. The van der Waals surface area contributed by atoms with Gasteiger partial charge in [0.05, 0.1) is 11.0 Å². The van der Waals surface area contributed by atoms with E-state index in [0.717, 1.165) is 16.9 Å². The molecule has 7 nitrogen and oxygen atoms in total. The molecule has 7 heteroatoms. The van der Waals surface area contributed by atoms with Gasteiger partial charge < -0.3 is 9.88 Å². The van der Waals surface area contributed by atoms with Gasteiger partial charge in [0.1, 0.15) is 11.5 Å². The summed E-state index contributed by atoms with van der Waals surface area (Å²) in [6, 6.07) is 15.1. The molecule has 0 aliphatic carbocycles. The number of imidazole rings is 1. The molecular formula is C19H18N6O. The minimum Gasteiger partial charge on any atom is -0.349 e. The Morgan fingerprint density at radius 3 is 2.81 bits per heavy atom. The van der Waals surface area contributed by atoms with Gasteiger partial charge in [-0.1, -0.05) is 18.2 Å². The summed E-state index contributed by atoms with van der Waals surface area (Å²) in [7, 11) is 0. The largest absolute Gasteiger partial charge is 0.349 e. The van der Waals surface area contributed by atoms with Gasteiger partial charge in [0.15, 0.2) is 5.82 Å². The Hall–Kier alpha value is -3.48. The SMILES string of the molecule is Cc1nc2ccccc2n1CCNC(=O)c1cccc(-n2cccn2)n1. The third kappa shape index (κ3) is 3.06. The number of nitrogens with zero attached hydrogens (tertiary/aromatic N) is 5. The second-order valence-electron chi connectivity index (χ2n) is 5.89. The van der Waals surface area contributed by atoms with Crippen molar-refractivity contribution in [3.8, 4) is 5.82 Å². The van der Waals surface area contributed by atoms with Gasteiger partial charge in [-0.2, -0.15) is 5.10 Å². The molecule has 0 atom stereocenters. The molecule has 0 bridgehead atoms. The van der Waals surface area contributed by atoms with Crippen molar-refractivity contribution < 1.29 is 4.79 Å². The van der Waals surface area contributed by atoms with Crippen LogP contribution in [0.1, 0.15) is 16.3 Å². The van der Waals surface area contributed by atoms with Crippen molar-refractivity contribution in [1.29, 1.82) is 0 Å². The van der Waals surface area contributed by atoms with Gasteiger partial charge in [-0.05, 0) is 37.3 Å². The number of benzene rings is 1. The van der Waals surface area contributed by atoms with E-state index in [4.69, 9.17) is 0 Å². The zero-order chi connectivity index (χ0) is 17.9. The van der Waals surface area contributed by atoms with Crippen molar-refractivity contribution in [1.82, 2.24) is 29.6 Å². The molecule has 4 aromatic rings. The second kappa shape index (κ2) is 6.79. The minimum atomic E-state index is -0.207. The van der Waals surface area contributed by atoms with E-state index >= 15 is 0 Å². The summed E-state index contributed by atoms with van der Waals surface area (Å²) in [4.78, 5) is 21.3. The zero-order valence-electron chi connectivity index (χ0n) is 14.3. The van der Waals surface area contributed by atoms with Gasteiger partial charge >= 0.3 is 0 Å². The smallest absolute Gasteiger partial charge is 0.270 e. The number of hydrogen-bond donors (Lipinski definition) is 1. The number of fused-ring (bicyclic) bond motifs is 1. The Bertz CT molecular complexity index is 1050. The molecule has 1 aromatic carbocycles. The molecule has 1 amide bonds. The third-order valence-corrected chi connectivity index (χ3v) is 4.17. The summed E-state index contributed by atoms with van der Waals surface area (Å²) < 4.78 is 3.72. The van der Waals surface area contributed by atoms with Crippen LogP contribution in [0.15, 0.2) is 60.9 Å². The monoisotopic (exact) mass is 346 g/mol. The number of aromatic nitrogens is 5. The standard InChI is InChI=1S/C19H18N6O/c1-14-22-15-6-2-3-8-17(15)24(14)13-11-20-19(26)16-7-4-9-18(23-16)25-12-5-10-21-25/h2-10,12H,11,13H2,1H3,(H,20,26). The number of nitrogens with one attached hydrogen (secondary N) is 1. The van der Waals surface area contributed by atoms with Crippen LogP contribution in [0, 0.1) is 6.92 Å². The molecule has 3 aromatic heterocycles. The molecule has 1 N–H and O–H groups in total. The normalized spacial score (nSPS) is 11.0. The van der Waals surface area contributed by atoms with Crippen LogP contribution in [0.3, 0.4) is 0 Å². The molecular weight excluding hydrogens is 328 g/mol. The van der Waals surface area contributed by atoms with Crippen molar-refractivity contribution >= 4 is 16.9 Å². The van der Waals surface area contributed by atoms with E-state index in [0.29, 0.717) is 24.6 Å². The van der Waals surface area contributed by atoms with Crippen molar-refractivity contribution in [2.75, 3.05) is 6.54 Å². The Morgan fingerprint density at radius 2 is 1.96 bits per heavy atom. The van der Waals surface area contributed by atoms with E-state index in [1.165, 1.54) is 0 Å². The summed E-state index contributed by atoms with van der Waals surface area (Å²) in [6.45, 7) is 3.11. The molecule has 0 aliphatic heterocycles. The first kappa shape index (κ1) is 16.0. The first-order valence-corrected chi connectivity index (χ1v) is 8.39. The van der Waals surface area contributed by atoms with Gasteiger partial charge in [-0.3, -0.25) is 4.79 Å². The van der Waals surface area contributed by atoms with E-state index in [9.17, 15) is 4.79 Å². The fourth-order valence-corrected chi connectivity index (χ4v) is 2.93. The fraction of sp³-hybridized carbons (Fsp3) is 0.158. The number of carbonyl (C=O) groups excluding carboxylic acids is 1. The summed E-state index contributed by atoms with van der Waals surface area (Å²) in [5, 5.41) is 7.06. The Balaban J connectivity index is 1.44. The Labute approximate surface area is 150 Å². The van der Waals surface area contributed by atoms with Crippen molar-refractivity contribution in [3.05, 3.63) is 72.4 Å². The van der Waals surface area contributed by atoms with Gasteiger partial charge in [-0.15, -0.1) is 0 Å². The lowest BCUT2D eigenvalue weighted by molar-refractivity contribution is 0.0947. The molecule has 130 valence electrons. The lowest BCUT2D eigenvalue weighted by atomic mass is 10.3. The maximum absolute atomic E-state index is 12.4. The van der Waals surface area contributed by atoms with Crippen LogP contribution in [0.2, 0.25) is 0 Å². The maximum Gasteiger partial charge on any atom is 0.270 e. The van der Waals surface area contributed by atoms with Crippen LogP contribution in [-0.4, -0.2) is 36.8 Å². The van der Waals surface area contributed by atoms with E-state index in [1.54, 1.807) is 29.2 Å². The first-order chi connectivity index (χ1) is 12.7. The summed E-state index contributed by atoms with van der Waals surface area (Å²) in [5.74, 6) is 1.33. The number of amides is 1. The lowest BCUT2D eigenvalue weighted by Crippen LogP contribution is -2.28. The summed E-state index contributed by atoms with van der Waals surface area (Å²) in [6.07, 6.45) is 3.46. The molecule has 0 saturated heterocycles. The molecule has 0 aliphatic rings. The number of aryl methyl sites for hydroxylation is 1. The Kier molecular flexibility index (Phi) is 4.18. The number of pyridine rings is 1. The molecule has 3 heterocycles. The highest BCUT2D eigenvalue weighted by molar-refractivity contribution is 5.92. The second-order valence-corrected chi connectivity index (χ2v) is 5.89. The molecule has 0 fully saturated rings. The van der Waals surface area contributed by atoms with Crippen LogP contribution in [0.25, 0.3) is 16.9 Å². The predicted molar refractivity (Wildman–Crippen MR) is 98.2 cm³/mol. The molecule has 0 spiro atoms. The molecule has 0 radical (unpaired) electrons. The summed E-state index contributed by atoms with van der Waals surface area (Å²) in [5.41, 5.74) is 2.40. The van der Waals surface area contributed by atoms with E-state index in [2.05, 4.69) is 25.0 Å². The van der Waals surface area contributed by atoms with Crippen LogP contribution in [-0.2, 0) is 6.54 Å². The van der Waals surface area contributed by atoms with Gasteiger partial charge in [0, 0.05) is 25.5 Å². The van der Waals surface area contributed by atoms with Gasteiger partial charge in [0.2, 0.25) is 0 Å². The fourth-order valence-electron chi connectivity index (χ4n) is 2.93. The topological polar surface area (TPSA) is 77.6 Å². The van der Waals surface area contributed by atoms with Crippen LogP contribution in [0.4, 0.5) is 0 Å². The van der Waals surface area contributed by atoms with Crippen molar-refractivity contribution in [3.63, 3.8) is 0 Å². The van der Waals surface area contributed by atoms with Crippen LogP contribution in [0.5, 0.6) is 0 Å². The maximum atomic E-state index is 12.4. The number of hydrogen-bond acceptors (Lipinski definition) is 4. The van der Waals surface area contributed by atoms with E-state index in [-0.39, 0.29) is 5.91 Å².